The molecule has 2 heterocycles. The molecule has 2 aromatic heterocycles. The Morgan fingerprint density at radius 3 is 2.71 bits per heavy atom. The summed E-state index contributed by atoms with van der Waals surface area (Å²) in [5, 5.41) is 2.04. The summed E-state index contributed by atoms with van der Waals surface area (Å²) >= 11 is 0. The van der Waals surface area contributed by atoms with Crippen LogP contribution in [0.4, 0.5) is 0 Å². The number of para-hydroxylation sites is 1. The predicted molar refractivity (Wildman–Crippen MR) is 128 cm³/mol. The van der Waals surface area contributed by atoms with Crippen LogP contribution in [0.5, 0.6) is 0 Å². The molecule has 1 aliphatic carbocycles. The number of benzene rings is 3. The topological polar surface area (TPSA) is 26.0 Å². The highest BCUT2D eigenvalue weighted by atomic mass is 16.3. The summed E-state index contributed by atoms with van der Waals surface area (Å²) in [5.74, 6) is -0.517. The van der Waals surface area contributed by atoms with Gasteiger partial charge in [-0.25, -0.2) is 0 Å². The molecular formula is C29H25NO. The smallest absolute Gasteiger partial charge is 0.144 e. The average Bonchev–Trinajstić information content (AvgIpc) is 3.24. The molecule has 6 rings (SSSR count). The molecule has 0 bridgehead atoms. The molecule has 31 heavy (non-hydrogen) atoms. The van der Waals surface area contributed by atoms with Crippen molar-refractivity contribution in [1.82, 2.24) is 4.98 Å². The molecule has 1 atom stereocenters. The highest BCUT2D eigenvalue weighted by Crippen LogP contribution is 2.38. The number of pyridine rings is 1. The molecule has 3 aromatic carbocycles. The Hall–Kier alpha value is -3.39. The molecular weight excluding hydrogens is 378 g/mol. The van der Waals surface area contributed by atoms with Gasteiger partial charge in [0.15, 0.2) is 0 Å². The SMILES string of the molecule is [2H]C1([2H])CCC([2H])([2H])C(c2ccnc(-c3cccc4c3oc3cc(-c5ccccc5)ccc34)c2)C1. The molecule has 1 fully saturated rings. The molecule has 2 heteroatoms. The van der Waals surface area contributed by atoms with Gasteiger partial charge in [0.2, 0.25) is 0 Å². The lowest BCUT2D eigenvalue weighted by Crippen LogP contribution is -2.04. The largest absolute Gasteiger partial charge is 0.455 e. The zero-order chi connectivity index (χ0) is 24.2. The van der Waals surface area contributed by atoms with E-state index in [1.807, 2.05) is 48.5 Å². The highest BCUT2D eigenvalue weighted by Gasteiger charge is 2.18. The van der Waals surface area contributed by atoms with Gasteiger partial charge in [-0.2, -0.15) is 0 Å². The summed E-state index contributed by atoms with van der Waals surface area (Å²) in [4.78, 5) is 4.60. The minimum absolute atomic E-state index is 0.167. The lowest BCUT2D eigenvalue weighted by atomic mass is 9.84. The lowest BCUT2D eigenvalue weighted by molar-refractivity contribution is 0.443. The van der Waals surface area contributed by atoms with E-state index in [0.29, 0.717) is 5.69 Å². The van der Waals surface area contributed by atoms with Crippen LogP contribution in [-0.2, 0) is 0 Å². The quantitative estimate of drug-likeness (QED) is 0.300. The molecule has 152 valence electrons. The van der Waals surface area contributed by atoms with Crippen molar-refractivity contribution in [2.45, 2.75) is 37.9 Å². The number of furan rings is 1. The molecule has 1 aliphatic rings. The van der Waals surface area contributed by atoms with E-state index < -0.39 is 18.7 Å². The summed E-state index contributed by atoms with van der Waals surface area (Å²) in [6, 6.07) is 26.2. The van der Waals surface area contributed by atoms with E-state index >= 15 is 0 Å². The Balaban J connectivity index is 1.45. The fourth-order valence-electron chi connectivity index (χ4n) is 4.51. The third-order valence-corrected chi connectivity index (χ3v) is 6.11. The second-order valence-electron chi connectivity index (χ2n) is 8.05. The monoisotopic (exact) mass is 407 g/mol. The maximum Gasteiger partial charge on any atom is 0.144 e. The van der Waals surface area contributed by atoms with E-state index in [9.17, 15) is 0 Å². The molecule has 1 saturated carbocycles. The second-order valence-corrected chi connectivity index (χ2v) is 8.05. The third kappa shape index (κ3) is 3.33. The number of fused-ring (bicyclic) bond motifs is 3. The first-order valence-corrected chi connectivity index (χ1v) is 10.8. The van der Waals surface area contributed by atoms with Crippen LogP contribution >= 0.6 is 0 Å². The van der Waals surface area contributed by atoms with E-state index in [-0.39, 0.29) is 19.3 Å². The Labute approximate surface area is 188 Å². The van der Waals surface area contributed by atoms with Crippen molar-refractivity contribution in [3.63, 3.8) is 0 Å². The van der Waals surface area contributed by atoms with Crippen LogP contribution in [0.3, 0.4) is 0 Å². The first kappa shape index (κ1) is 14.6. The highest BCUT2D eigenvalue weighted by molar-refractivity contribution is 6.10. The summed E-state index contributed by atoms with van der Waals surface area (Å²) < 4.78 is 39.9. The number of hydrogen-bond donors (Lipinski definition) is 0. The second kappa shape index (κ2) is 7.70. The van der Waals surface area contributed by atoms with Crippen molar-refractivity contribution in [2.75, 3.05) is 0 Å². The molecule has 0 aliphatic heterocycles. The van der Waals surface area contributed by atoms with Crippen molar-refractivity contribution in [3.05, 3.63) is 90.6 Å². The van der Waals surface area contributed by atoms with Crippen molar-refractivity contribution in [3.8, 4) is 22.4 Å². The molecule has 5 aromatic rings. The van der Waals surface area contributed by atoms with Crippen molar-refractivity contribution in [2.24, 2.45) is 0 Å². The summed E-state index contributed by atoms with van der Waals surface area (Å²) in [5.41, 5.74) is 6.11. The number of hydrogen-bond acceptors (Lipinski definition) is 2. The molecule has 0 radical (unpaired) electrons. The van der Waals surface area contributed by atoms with Crippen molar-refractivity contribution < 1.29 is 9.90 Å². The van der Waals surface area contributed by atoms with Crippen LogP contribution in [0.2, 0.25) is 0 Å². The van der Waals surface area contributed by atoms with Crippen LogP contribution < -0.4 is 0 Å². The van der Waals surface area contributed by atoms with Crippen LogP contribution in [0.15, 0.2) is 89.5 Å². The third-order valence-electron chi connectivity index (χ3n) is 6.11. The van der Waals surface area contributed by atoms with E-state index in [1.165, 1.54) is 0 Å². The van der Waals surface area contributed by atoms with E-state index in [2.05, 4.69) is 35.3 Å². The van der Waals surface area contributed by atoms with Gasteiger partial charge in [0.25, 0.3) is 0 Å². The van der Waals surface area contributed by atoms with Crippen LogP contribution in [0, 0.1) is 0 Å². The number of aromatic nitrogens is 1. The standard InChI is InChI=1S/C29H25NO/c1-3-8-20(9-4-1)22-14-15-24-25-12-7-13-26(29(25)31-28(24)19-22)27-18-23(16-17-30-27)21-10-5-2-6-11-21/h1,3-4,7-9,12-19,21H,2,5-6,10-11H2/i5D2,11D2. The van der Waals surface area contributed by atoms with Crippen LogP contribution in [-0.4, -0.2) is 4.98 Å². The lowest BCUT2D eigenvalue weighted by Gasteiger charge is -2.22. The van der Waals surface area contributed by atoms with Gasteiger partial charge in [0.1, 0.15) is 11.2 Å². The van der Waals surface area contributed by atoms with E-state index in [0.717, 1.165) is 44.2 Å². The Kier molecular flexibility index (Phi) is 3.62. The minimum Gasteiger partial charge on any atom is -0.455 e. The summed E-state index contributed by atoms with van der Waals surface area (Å²) in [6.45, 7) is 0. The molecule has 0 amide bonds. The van der Waals surface area contributed by atoms with Gasteiger partial charge in [-0.3, -0.25) is 4.98 Å². The van der Waals surface area contributed by atoms with Gasteiger partial charge in [0.05, 0.1) is 5.69 Å². The van der Waals surface area contributed by atoms with Gasteiger partial charge < -0.3 is 4.42 Å². The molecule has 2 nitrogen and oxygen atoms in total. The Morgan fingerprint density at radius 2 is 1.77 bits per heavy atom. The predicted octanol–water partition coefficient (Wildman–Crippen LogP) is 8.36. The molecule has 0 saturated heterocycles. The first-order chi connectivity index (χ1) is 16.8. The number of rotatable bonds is 3. The van der Waals surface area contributed by atoms with Crippen LogP contribution in [0.1, 0.15) is 49.0 Å². The fourth-order valence-corrected chi connectivity index (χ4v) is 4.51. The maximum absolute atomic E-state index is 8.53. The van der Waals surface area contributed by atoms with E-state index in [4.69, 9.17) is 9.90 Å². The zero-order valence-electron chi connectivity index (χ0n) is 21.1. The number of nitrogens with zero attached hydrogens (tertiary/aromatic N) is 1. The van der Waals surface area contributed by atoms with Gasteiger partial charge in [-0.1, -0.05) is 67.7 Å². The molecule has 0 N–H and O–H groups in total. The average molecular weight is 408 g/mol. The normalized spacial score (nSPS) is 21.9. The van der Waals surface area contributed by atoms with Crippen molar-refractivity contribution in [1.29, 1.82) is 0 Å². The summed E-state index contributed by atoms with van der Waals surface area (Å²) in [6.07, 6.45) is -0.498. The van der Waals surface area contributed by atoms with Gasteiger partial charge in [0, 0.05) is 28.0 Å². The van der Waals surface area contributed by atoms with Crippen LogP contribution in [0.25, 0.3) is 44.3 Å². The fraction of sp³-hybridized carbons (Fsp3) is 0.207. The van der Waals surface area contributed by atoms with Gasteiger partial charge in [-0.05, 0) is 65.7 Å². The van der Waals surface area contributed by atoms with Gasteiger partial charge >= 0.3 is 0 Å². The zero-order valence-corrected chi connectivity index (χ0v) is 17.1. The Bertz CT molecular complexity index is 1540. The van der Waals surface area contributed by atoms with E-state index in [1.54, 1.807) is 6.20 Å². The maximum atomic E-state index is 8.53. The molecule has 1 unspecified atom stereocenters. The first-order valence-electron chi connectivity index (χ1n) is 12.8. The van der Waals surface area contributed by atoms with Gasteiger partial charge in [-0.15, -0.1) is 0 Å². The molecule has 0 spiro atoms. The summed E-state index contributed by atoms with van der Waals surface area (Å²) in [7, 11) is 0. The minimum atomic E-state index is -1.45. The van der Waals surface area contributed by atoms with Crippen molar-refractivity contribution >= 4 is 21.9 Å². The Morgan fingerprint density at radius 1 is 0.839 bits per heavy atom.